The summed E-state index contributed by atoms with van der Waals surface area (Å²) in [6.45, 7) is 4.20. The lowest BCUT2D eigenvalue weighted by molar-refractivity contribution is 0.0595. The smallest absolute Gasteiger partial charge is 0.274 e. The van der Waals surface area contributed by atoms with Crippen molar-refractivity contribution in [1.82, 2.24) is 9.88 Å². The lowest BCUT2D eigenvalue weighted by atomic mass is 10.1. The Balaban J connectivity index is 1.30. The summed E-state index contributed by atoms with van der Waals surface area (Å²) in [7, 11) is 1.66. The molecule has 7 heteroatoms. The van der Waals surface area contributed by atoms with E-state index in [0.717, 1.165) is 53.8 Å². The number of ether oxygens (including phenoxy) is 3. The number of hydrogen-bond acceptors (Lipinski definition) is 6. The molecule has 6 nitrogen and oxygen atoms in total. The quantitative estimate of drug-likeness (QED) is 0.396. The number of piperidine rings is 1. The van der Waals surface area contributed by atoms with Gasteiger partial charge in [0.2, 0.25) is 0 Å². The maximum Gasteiger partial charge on any atom is 0.274 e. The third kappa shape index (κ3) is 5.51. The number of carbonyl (C=O) groups is 1. The van der Waals surface area contributed by atoms with Gasteiger partial charge in [0.05, 0.1) is 23.9 Å². The van der Waals surface area contributed by atoms with Crippen molar-refractivity contribution in [3.63, 3.8) is 0 Å². The number of rotatable bonds is 9. The predicted octanol–water partition coefficient (Wildman–Crippen LogP) is 5.56. The first kappa shape index (κ1) is 22.4. The third-order valence-corrected chi connectivity index (χ3v) is 6.58. The average molecular weight is 455 g/mol. The number of unbranched alkanes of at least 4 members (excludes halogenated alkanes) is 2. The van der Waals surface area contributed by atoms with Gasteiger partial charge < -0.3 is 19.1 Å². The molecule has 1 amide bonds. The van der Waals surface area contributed by atoms with Gasteiger partial charge in [-0.3, -0.25) is 4.79 Å². The van der Waals surface area contributed by atoms with Crippen molar-refractivity contribution >= 4 is 27.5 Å². The van der Waals surface area contributed by atoms with Gasteiger partial charge in [-0.2, -0.15) is 0 Å². The first-order valence-electron chi connectivity index (χ1n) is 11.3. The van der Waals surface area contributed by atoms with Gasteiger partial charge in [-0.25, -0.2) is 4.98 Å². The summed E-state index contributed by atoms with van der Waals surface area (Å²) in [5.74, 6) is 1.63. The van der Waals surface area contributed by atoms with E-state index in [0.29, 0.717) is 30.5 Å². The maximum absolute atomic E-state index is 13.0. The first-order chi connectivity index (χ1) is 15.7. The van der Waals surface area contributed by atoms with E-state index in [-0.39, 0.29) is 12.0 Å². The van der Waals surface area contributed by atoms with Crippen molar-refractivity contribution in [3.8, 4) is 16.7 Å². The van der Waals surface area contributed by atoms with Crippen LogP contribution in [0.4, 0.5) is 0 Å². The molecule has 1 aliphatic heterocycles. The molecule has 2 aromatic carbocycles. The molecular formula is C25H30N2O4S. The second kappa shape index (κ2) is 10.7. The van der Waals surface area contributed by atoms with E-state index in [1.54, 1.807) is 7.11 Å². The van der Waals surface area contributed by atoms with Gasteiger partial charge in [-0.1, -0.05) is 37.2 Å². The van der Waals surface area contributed by atoms with Gasteiger partial charge in [-0.05, 0) is 42.8 Å². The molecule has 1 fully saturated rings. The van der Waals surface area contributed by atoms with E-state index in [1.165, 1.54) is 11.3 Å². The Morgan fingerprint density at radius 2 is 1.97 bits per heavy atom. The van der Waals surface area contributed by atoms with Crippen LogP contribution < -0.4 is 14.2 Å². The highest BCUT2D eigenvalue weighted by atomic mass is 32.1. The van der Waals surface area contributed by atoms with Gasteiger partial charge in [0, 0.05) is 31.5 Å². The highest BCUT2D eigenvalue weighted by molar-refractivity contribution is 7.20. The minimum atomic E-state index is 0.0505. The average Bonchev–Trinajstić information content (AvgIpc) is 3.23. The minimum absolute atomic E-state index is 0.0505. The summed E-state index contributed by atoms with van der Waals surface area (Å²) in [6, 6.07) is 13.3. The van der Waals surface area contributed by atoms with Crippen LogP contribution in [0.1, 0.15) is 49.4 Å². The van der Waals surface area contributed by atoms with E-state index in [1.807, 2.05) is 47.4 Å². The molecule has 1 aromatic heterocycles. The number of fused-ring (bicyclic) bond motifs is 1. The fourth-order valence-electron chi connectivity index (χ4n) is 3.82. The van der Waals surface area contributed by atoms with E-state index in [4.69, 9.17) is 14.2 Å². The fourth-order valence-corrected chi connectivity index (χ4v) is 4.73. The Kier molecular flexibility index (Phi) is 7.47. The standard InChI is InChI=1S/C25H30N2O4S/c1-3-4-5-15-30-21-8-6-7-18(16-21)24(28)27-13-11-19(12-14-27)31-25-26-22-10-9-20(29-2)17-23(22)32-25/h6-10,16-17,19H,3-5,11-15H2,1-2H3. The molecule has 4 rings (SSSR count). The number of carbonyl (C=O) groups excluding carboxylic acids is 1. The molecule has 0 spiro atoms. The molecule has 0 unspecified atom stereocenters. The molecule has 1 saturated heterocycles. The van der Waals surface area contributed by atoms with Crippen LogP contribution >= 0.6 is 11.3 Å². The van der Waals surface area contributed by atoms with Crippen LogP contribution in [0.5, 0.6) is 16.7 Å². The van der Waals surface area contributed by atoms with E-state index in [9.17, 15) is 4.79 Å². The summed E-state index contributed by atoms with van der Waals surface area (Å²) in [4.78, 5) is 19.5. The number of methoxy groups -OCH3 is 1. The molecule has 3 aromatic rings. The van der Waals surface area contributed by atoms with Crippen molar-refractivity contribution in [1.29, 1.82) is 0 Å². The number of aromatic nitrogens is 1. The van der Waals surface area contributed by atoms with E-state index < -0.39 is 0 Å². The molecule has 170 valence electrons. The predicted molar refractivity (Wildman–Crippen MR) is 127 cm³/mol. The Hall–Kier alpha value is -2.80. The van der Waals surface area contributed by atoms with Gasteiger partial charge in [-0.15, -0.1) is 0 Å². The summed E-state index contributed by atoms with van der Waals surface area (Å²) in [6.07, 6.45) is 4.99. The fraction of sp³-hybridized carbons (Fsp3) is 0.440. The molecule has 1 aliphatic rings. The summed E-state index contributed by atoms with van der Waals surface area (Å²) in [5, 5.41) is 0.672. The Morgan fingerprint density at radius 3 is 2.75 bits per heavy atom. The molecular weight excluding hydrogens is 424 g/mol. The molecule has 0 radical (unpaired) electrons. The van der Waals surface area contributed by atoms with Crippen LogP contribution in [0, 0.1) is 0 Å². The Labute approximate surface area is 193 Å². The van der Waals surface area contributed by atoms with Gasteiger partial charge in [0.15, 0.2) is 0 Å². The van der Waals surface area contributed by atoms with Gasteiger partial charge in [0.25, 0.3) is 11.1 Å². The highest BCUT2D eigenvalue weighted by Crippen LogP contribution is 2.32. The summed E-state index contributed by atoms with van der Waals surface area (Å²) >= 11 is 1.53. The lowest BCUT2D eigenvalue weighted by Gasteiger charge is -2.31. The second-order valence-electron chi connectivity index (χ2n) is 8.01. The molecule has 0 aliphatic carbocycles. The molecule has 32 heavy (non-hydrogen) atoms. The summed E-state index contributed by atoms with van der Waals surface area (Å²) < 4.78 is 18.3. The van der Waals surface area contributed by atoms with Crippen LogP contribution in [-0.2, 0) is 0 Å². The lowest BCUT2D eigenvalue weighted by Crippen LogP contribution is -2.41. The van der Waals surface area contributed by atoms with Crippen molar-refractivity contribution in [3.05, 3.63) is 48.0 Å². The largest absolute Gasteiger partial charge is 0.497 e. The number of thiazole rings is 1. The number of amides is 1. The molecule has 0 N–H and O–H groups in total. The minimum Gasteiger partial charge on any atom is -0.497 e. The second-order valence-corrected chi connectivity index (χ2v) is 9.00. The third-order valence-electron chi connectivity index (χ3n) is 5.67. The van der Waals surface area contributed by atoms with Crippen LogP contribution in [0.25, 0.3) is 10.2 Å². The van der Waals surface area contributed by atoms with E-state index in [2.05, 4.69) is 11.9 Å². The zero-order valence-electron chi connectivity index (χ0n) is 18.7. The number of benzene rings is 2. The van der Waals surface area contributed by atoms with Crippen molar-refractivity contribution in [2.24, 2.45) is 0 Å². The van der Waals surface area contributed by atoms with Crippen molar-refractivity contribution < 1.29 is 19.0 Å². The maximum atomic E-state index is 13.0. The zero-order chi connectivity index (χ0) is 22.3. The van der Waals surface area contributed by atoms with Crippen LogP contribution in [-0.4, -0.2) is 48.7 Å². The number of hydrogen-bond donors (Lipinski definition) is 0. The van der Waals surface area contributed by atoms with Crippen LogP contribution in [0.3, 0.4) is 0 Å². The Morgan fingerprint density at radius 1 is 1.12 bits per heavy atom. The van der Waals surface area contributed by atoms with Crippen molar-refractivity contribution in [2.75, 3.05) is 26.8 Å². The van der Waals surface area contributed by atoms with Crippen molar-refractivity contribution in [2.45, 2.75) is 45.1 Å². The number of nitrogens with zero attached hydrogens (tertiary/aromatic N) is 2. The van der Waals surface area contributed by atoms with Crippen LogP contribution in [0.15, 0.2) is 42.5 Å². The molecule has 2 heterocycles. The number of likely N-dealkylation sites (tertiary alicyclic amines) is 1. The van der Waals surface area contributed by atoms with Gasteiger partial charge >= 0.3 is 0 Å². The molecule has 0 saturated carbocycles. The summed E-state index contributed by atoms with van der Waals surface area (Å²) in [5.41, 5.74) is 1.59. The normalized spacial score (nSPS) is 14.5. The topological polar surface area (TPSA) is 60.9 Å². The molecule has 0 bridgehead atoms. The molecule has 0 atom stereocenters. The zero-order valence-corrected chi connectivity index (χ0v) is 19.5. The first-order valence-corrected chi connectivity index (χ1v) is 12.1. The van der Waals surface area contributed by atoms with Crippen LogP contribution in [0.2, 0.25) is 0 Å². The monoisotopic (exact) mass is 454 g/mol. The van der Waals surface area contributed by atoms with Gasteiger partial charge in [0.1, 0.15) is 17.6 Å². The highest BCUT2D eigenvalue weighted by Gasteiger charge is 2.25. The van der Waals surface area contributed by atoms with E-state index >= 15 is 0 Å². The Bertz CT molecular complexity index is 1040. The SMILES string of the molecule is CCCCCOc1cccc(C(=O)N2CCC(Oc3nc4ccc(OC)cc4s3)CC2)c1.